The van der Waals surface area contributed by atoms with Crippen LogP contribution in [0.1, 0.15) is 16.1 Å². The van der Waals surface area contributed by atoms with Crippen molar-refractivity contribution in [2.45, 2.75) is 6.92 Å². The fraction of sp³-hybridized carbons (Fsp3) is 0.316. The van der Waals surface area contributed by atoms with Crippen molar-refractivity contribution < 1.29 is 4.79 Å². The molecule has 1 aromatic carbocycles. The highest BCUT2D eigenvalue weighted by Crippen LogP contribution is 2.28. The molecule has 3 heterocycles. The number of aromatic nitrogens is 4. The van der Waals surface area contributed by atoms with E-state index < -0.39 is 0 Å². The summed E-state index contributed by atoms with van der Waals surface area (Å²) in [6.45, 7) is 5.18. The second-order valence-corrected chi connectivity index (χ2v) is 7.77. The summed E-state index contributed by atoms with van der Waals surface area (Å²) in [4.78, 5) is 25.3. The maximum absolute atomic E-state index is 12.7. The lowest BCUT2D eigenvalue weighted by Gasteiger charge is -2.32. The van der Waals surface area contributed by atoms with E-state index in [1.54, 1.807) is 6.20 Å². The van der Waals surface area contributed by atoms with Crippen molar-refractivity contribution in [1.82, 2.24) is 30.0 Å². The summed E-state index contributed by atoms with van der Waals surface area (Å²) in [5, 5.41) is 12.9. The van der Waals surface area contributed by atoms with Gasteiger partial charge in [0.2, 0.25) is 5.13 Å². The molecule has 0 spiro atoms. The average molecular weight is 395 g/mol. The number of likely N-dealkylation sites (N-methyl/N-ethyl adjacent to an activating group) is 1. The second-order valence-electron chi connectivity index (χ2n) is 6.79. The summed E-state index contributed by atoms with van der Waals surface area (Å²) in [6.07, 6.45) is 3.08. The van der Waals surface area contributed by atoms with Gasteiger partial charge in [-0.2, -0.15) is 0 Å². The Balaban J connectivity index is 1.46. The predicted octanol–water partition coefficient (Wildman–Crippen LogP) is 2.43. The van der Waals surface area contributed by atoms with Crippen LogP contribution in [0.15, 0.2) is 36.7 Å². The van der Waals surface area contributed by atoms with E-state index in [-0.39, 0.29) is 5.91 Å². The average Bonchev–Trinajstić information content (AvgIpc) is 3.17. The van der Waals surface area contributed by atoms with Gasteiger partial charge >= 0.3 is 0 Å². The van der Waals surface area contributed by atoms with Crippen LogP contribution in [0.4, 0.5) is 10.9 Å². The molecule has 8 nitrogen and oxygen atoms in total. The number of aryl methyl sites for hydroxylation is 1. The van der Waals surface area contributed by atoms with Gasteiger partial charge in [0, 0.05) is 31.7 Å². The molecule has 144 valence electrons. The molecule has 3 aromatic rings. The monoisotopic (exact) mass is 395 g/mol. The zero-order valence-electron chi connectivity index (χ0n) is 15.8. The fourth-order valence-electron chi connectivity index (χ4n) is 2.90. The van der Waals surface area contributed by atoms with Gasteiger partial charge in [0.15, 0.2) is 5.82 Å². The van der Waals surface area contributed by atoms with E-state index in [1.165, 1.54) is 23.1 Å². The summed E-state index contributed by atoms with van der Waals surface area (Å²) < 4.78 is 0. The second kappa shape index (κ2) is 7.99. The molecule has 2 aromatic heterocycles. The molecule has 0 radical (unpaired) electrons. The summed E-state index contributed by atoms with van der Waals surface area (Å²) in [6, 6.07) is 8.13. The Kier molecular flexibility index (Phi) is 5.27. The third-order valence-corrected chi connectivity index (χ3v) is 5.49. The van der Waals surface area contributed by atoms with Crippen LogP contribution in [-0.4, -0.2) is 69.1 Å². The molecule has 0 unspecified atom stereocenters. The van der Waals surface area contributed by atoms with Crippen LogP contribution in [0.5, 0.6) is 0 Å². The molecule has 1 aliphatic heterocycles. The number of amides is 1. The first-order valence-corrected chi connectivity index (χ1v) is 9.87. The minimum Gasteiger partial charge on any atom is -0.335 e. The quantitative estimate of drug-likeness (QED) is 0.726. The topological polar surface area (TPSA) is 87.1 Å². The van der Waals surface area contributed by atoms with Crippen molar-refractivity contribution in [1.29, 1.82) is 0 Å². The van der Waals surface area contributed by atoms with Crippen molar-refractivity contribution in [3.05, 3.63) is 47.9 Å². The van der Waals surface area contributed by atoms with Crippen molar-refractivity contribution in [2.24, 2.45) is 0 Å². The lowest BCUT2D eigenvalue weighted by Crippen LogP contribution is -2.47. The standard InChI is InChI=1S/C19H21N7OS/c1-13-3-5-14(6-4-13)17-23-24-19(28-17)22-16-12-20-11-15(21-16)18(27)26-9-7-25(2)8-10-26/h3-6,11-12H,7-10H2,1-2H3,(H,21,22,24). The minimum atomic E-state index is -0.0955. The number of rotatable bonds is 4. The minimum absolute atomic E-state index is 0.0955. The molecule has 1 saturated heterocycles. The van der Waals surface area contributed by atoms with Crippen molar-refractivity contribution in [2.75, 3.05) is 38.5 Å². The number of carbonyl (C=O) groups is 1. The first-order chi connectivity index (χ1) is 13.6. The zero-order chi connectivity index (χ0) is 19.5. The van der Waals surface area contributed by atoms with Gasteiger partial charge < -0.3 is 15.1 Å². The van der Waals surface area contributed by atoms with Gasteiger partial charge in [-0.15, -0.1) is 10.2 Å². The van der Waals surface area contributed by atoms with Gasteiger partial charge in [-0.1, -0.05) is 41.2 Å². The predicted molar refractivity (Wildman–Crippen MR) is 109 cm³/mol. The highest BCUT2D eigenvalue weighted by atomic mass is 32.1. The van der Waals surface area contributed by atoms with Crippen LogP contribution in [-0.2, 0) is 0 Å². The number of anilines is 2. The number of benzene rings is 1. The third-order valence-electron chi connectivity index (χ3n) is 4.60. The molecule has 1 aliphatic rings. The Morgan fingerprint density at radius 3 is 2.57 bits per heavy atom. The summed E-state index contributed by atoms with van der Waals surface area (Å²) >= 11 is 1.43. The SMILES string of the molecule is Cc1ccc(-c2nnc(Nc3cncc(C(=O)N4CCN(C)CC4)n3)s2)cc1. The number of hydrogen-bond acceptors (Lipinski definition) is 8. The highest BCUT2D eigenvalue weighted by molar-refractivity contribution is 7.18. The number of nitrogens with one attached hydrogen (secondary N) is 1. The molecule has 0 saturated carbocycles. The summed E-state index contributed by atoms with van der Waals surface area (Å²) in [5.41, 5.74) is 2.54. The Bertz CT molecular complexity index is 964. The Labute approximate surface area is 167 Å². The molecule has 0 bridgehead atoms. The van der Waals surface area contributed by atoms with Gasteiger partial charge in [0.05, 0.1) is 12.4 Å². The van der Waals surface area contributed by atoms with Crippen LogP contribution in [0.2, 0.25) is 0 Å². The largest absolute Gasteiger partial charge is 0.335 e. The number of nitrogens with zero attached hydrogens (tertiary/aromatic N) is 6. The molecule has 9 heteroatoms. The molecule has 28 heavy (non-hydrogen) atoms. The van der Waals surface area contributed by atoms with E-state index >= 15 is 0 Å². The van der Waals surface area contributed by atoms with Gasteiger partial charge in [-0.05, 0) is 14.0 Å². The van der Waals surface area contributed by atoms with Crippen LogP contribution < -0.4 is 5.32 Å². The lowest BCUT2D eigenvalue weighted by molar-refractivity contribution is 0.0658. The highest BCUT2D eigenvalue weighted by Gasteiger charge is 2.22. The first-order valence-electron chi connectivity index (χ1n) is 9.06. The van der Waals surface area contributed by atoms with E-state index in [0.717, 1.165) is 23.7 Å². The lowest BCUT2D eigenvalue weighted by atomic mass is 10.2. The Hall–Kier alpha value is -2.91. The zero-order valence-corrected chi connectivity index (χ0v) is 16.6. The number of hydrogen-bond donors (Lipinski definition) is 1. The van der Waals surface area contributed by atoms with E-state index in [4.69, 9.17) is 0 Å². The van der Waals surface area contributed by atoms with E-state index in [0.29, 0.717) is 29.7 Å². The van der Waals surface area contributed by atoms with Crippen LogP contribution in [0.3, 0.4) is 0 Å². The van der Waals surface area contributed by atoms with Crippen molar-refractivity contribution >= 4 is 28.2 Å². The first kappa shape index (κ1) is 18.5. The maximum atomic E-state index is 12.7. The van der Waals surface area contributed by atoms with E-state index in [1.807, 2.05) is 36.1 Å². The molecule has 0 aliphatic carbocycles. The van der Waals surface area contributed by atoms with E-state index in [2.05, 4.69) is 37.4 Å². The van der Waals surface area contributed by atoms with Crippen LogP contribution >= 0.6 is 11.3 Å². The Morgan fingerprint density at radius 1 is 1.07 bits per heavy atom. The number of carbonyl (C=O) groups excluding carboxylic acids is 1. The van der Waals surface area contributed by atoms with Crippen molar-refractivity contribution in [3.8, 4) is 10.6 Å². The molecular formula is C19H21N7OS. The Morgan fingerprint density at radius 2 is 1.82 bits per heavy atom. The molecule has 4 rings (SSSR count). The van der Waals surface area contributed by atoms with Gasteiger partial charge in [-0.25, -0.2) is 4.98 Å². The fourth-order valence-corrected chi connectivity index (χ4v) is 3.65. The smallest absolute Gasteiger partial charge is 0.274 e. The van der Waals surface area contributed by atoms with Gasteiger partial charge in [-0.3, -0.25) is 9.78 Å². The molecular weight excluding hydrogens is 374 g/mol. The van der Waals surface area contributed by atoms with E-state index in [9.17, 15) is 4.79 Å². The molecule has 1 fully saturated rings. The summed E-state index contributed by atoms with van der Waals surface area (Å²) in [5.74, 6) is 0.383. The summed E-state index contributed by atoms with van der Waals surface area (Å²) in [7, 11) is 2.05. The third kappa shape index (κ3) is 4.15. The number of piperazine rings is 1. The maximum Gasteiger partial charge on any atom is 0.274 e. The molecule has 1 amide bonds. The van der Waals surface area contributed by atoms with Crippen molar-refractivity contribution in [3.63, 3.8) is 0 Å². The van der Waals surface area contributed by atoms with Gasteiger partial charge in [0.25, 0.3) is 5.91 Å². The molecule has 1 N–H and O–H groups in total. The normalized spacial score (nSPS) is 14.9. The van der Waals surface area contributed by atoms with Crippen LogP contribution in [0.25, 0.3) is 10.6 Å². The van der Waals surface area contributed by atoms with Crippen LogP contribution in [0, 0.1) is 6.92 Å². The molecule has 0 atom stereocenters. The van der Waals surface area contributed by atoms with Gasteiger partial charge in [0.1, 0.15) is 10.7 Å².